The normalized spacial score (nSPS) is 9.90. The van der Waals surface area contributed by atoms with Crippen molar-refractivity contribution >= 4 is 5.78 Å². The molecule has 2 aromatic rings. The van der Waals surface area contributed by atoms with Gasteiger partial charge in [-0.15, -0.1) is 0 Å². The molecule has 106 valence electrons. The molecule has 0 aliphatic carbocycles. The van der Waals surface area contributed by atoms with Gasteiger partial charge in [-0.05, 0) is 24.6 Å². The Morgan fingerprint density at radius 1 is 1.19 bits per heavy atom. The maximum Gasteiger partial charge on any atom is 0.166 e. The van der Waals surface area contributed by atoms with Crippen molar-refractivity contribution in [1.29, 1.82) is 5.26 Å². The largest absolute Gasteiger partial charge is 0.491 e. The molecule has 0 unspecified atom stereocenters. The van der Waals surface area contributed by atoms with Crippen LogP contribution >= 0.6 is 0 Å². The molecular weight excluding hydrogens is 269 g/mol. The number of nitriles is 1. The summed E-state index contributed by atoms with van der Waals surface area (Å²) in [7, 11) is 0. The Labute approximate surface area is 122 Å². The Balaban J connectivity index is 1.80. The van der Waals surface area contributed by atoms with E-state index in [2.05, 4.69) is 0 Å². The molecule has 0 amide bonds. The fraction of sp³-hybridized carbons (Fsp3) is 0.176. The second-order valence-corrected chi connectivity index (χ2v) is 4.50. The van der Waals surface area contributed by atoms with Crippen LogP contribution in [0.2, 0.25) is 0 Å². The number of benzene rings is 2. The number of ether oxygens (including phenoxy) is 1. The van der Waals surface area contributed by atoms with Gasteiger partial charge in [0.1, 0.15) is 0 Å². The molecule has 0 bridgehead atoms. The molecule has 0 saturated heterocycles. The van der Waals surface area contributed by atoms with Crippen LogP contribution in [0.25, 0.3) is 0 Å². The molecule has 2 aromatic carbocycles. The van der Waals surface area contributed by atoms with E-state index in [1.54, 1.807) is 12.1 Å². The van der Waals surface area contributed by atoms with E-state index in [1.165, 1.54) is 12.1 Å². The number of hydrogen-bond donors (Lipinski definition) is 0. The number of carbonyl (C=O) groups is 1. The molecule has 0 N–H and O–H groups in total. The van der Waals surface area contributed by atoms with Crippen molar-refractivity contribution in [2.24, 2.45) is 0 Å². The van der Waals surface area contributed by atoms with Crippen molar-refractivity contribution in [2.75, 3.05) is 6.61 Å². The summed E-state index contributed by atoms with van der Waals surface area (Å²) in [6, 6.07) is 14.9. The molecule has 0 radical (unpaired) electrons. The summed E-state index contributed by atoms with van der Waals surface area (Å²) in [5, 5.41) is 8.64. The monoisotopic (exact) mass is 283 g/mol. The molecular formula is C17H14FNO2. The van der Waals surface area contributed by atoms with Crippen LogP contribution in [-0.4, -0.2) is 12.4 Å². The maximum atomic E-state index is 13.5. The third kappa shape index (κ3) is 4.15. The number of rotatable bonds is 6. The first-order valence-corrected chi connectivity index (χ1v) is 6.61. The van der Waals surface area contributed by atoms with Gasteiger partial charge in [0, 0.05) is 12.0 Å². The highest BCUT2D eigenvalue weighted by Crippen LogP contribution is 2.18. The molecule has 0 fully saturated rings. The van der Waals surface area contributed by atoms with Gasteiger partial charge in [0.2, 0.25) is 0 Å². The molecule has 0 aliphatic rings. The summed E-state index contributed by atoms with van der Waals surface area (Å²) in [5.41, 5.74) is 0.918. The number of hydrogen-bond acceptors (Lipinski definition) is 3. The van der Waals surface area contributed by atoms with Crippen molar-refractivity contribution in [3.05, 3.63) is 65.5 Å². The molecule has 3 nitrogen and oxygen atoms in total. The summed E-state index contributed by atoms with van der Waals surface area (Å²) in [6.45, 7) is 0.251. The van der Waals surface area contributed by atoms with Gasteiger partial charge in [0.25, 0.3) is 0 Å². The molecule has 0 atom stereocenters. The number of nitrogens with zero attached hydrogens (tertiary/aromatic N) is 1. The van der Waals surface area contributed by atoms with Gasteiger partial charge in [0.15, 0.2) is 17.3 Å². The van der Waals surface area contributed by atoms with Gasteiger partial charge in [0.05, 0.1) is 18.2 Å². The average molecular weight is 283 g/mol. The Morgan fingerprint density at radius 2 is 1.95 bits per heavy atom. The molecule has 4 heteroatoms. The van der Waals surface area contributed by atoms with E-state index in [4.69, 9.17) is 10.00 Å². The number of halogens is 1. The van der Waals surface area contributed by atoms with E-state index in [-0.39, 0.29) is 23.7 Å². The first-order valence-electron chi connectivity index (χ1n) is 6.61. The standard InChI is InChI=1S/C17H14FNO2/c18-15-11-13(12-19)8-9-17(15)21-10-4-7-16(20)14-5-2-1-3-6-14/h1-3,5-6,8-9,11H,4,7,10H2. The number of Topliss-reactive ketones (excluding diaryl/α,β-unsaturated/α-hetero) is 1. The average Bonchev–Trinajstić information content (AvgIpc) is 2.53. The lowest BCUT2D eigenvalue weighted by molar-refractivity contribution is 0.0973. The molecule has 2 rings (SSSR count). The molecule has 0 spiro atoms. The summed E-state index contributed by atoms with van der Waals surface area (Å²) in [4.78, 5) is 11.8. The topological polar surface area (TPSA) is 50.1 Å². The molecule has 0 aliphatic heterocycles. The van der Waals surface area contributed by atoms with E-state index in [9.17, 15) is 9.18 Å². The maximum absolute atomic E-state index is 13.5. The third-order valence-corrected chi connectivity index (χ3v) is 2.96. The highest BCUT2D eigenvalue weighted by atomic mass is 19.1. The SMILES string of the molecule is N#Cc1ccc(OCCCC(=O)c2ccccc2)c(F)c1. The van der Waals surface area contributed by atoms with Crippen LogP contribution in [0, 0.1) is 17.1 Å². The zero-order valence-electron chi connectivity index (χ0n) is 11.4. The number of ketones is 1. The Kier molecular flexibility index (Phi) is 5.05. The third-order valence-electron chi connectivity index (χ3n) is 2.96. The summed E-state index contributed by atoms with van der Waals surface area (Å²) in [6.07, 6.45) is 0.856. The van der Waals surface area contributed by atoms with E-state index in [0.29, 0.717) is 18.4 Å². The fourth-order valence-corrected chi connectivity index (χ4v) is 1.87. The molecule has 21 heavy (non-hydrogen) atoms. The van der Waals surface area contributed by atoms with Crippen LogP contribution in [0.5, 0.6) is 5.75 Å². The van der Waals surface area contributed by atoms with Gasteiger partial charge in [-0.1, -0.05) is 30.3 Å². The van der Waals surface area contributed by atoms with Gasteiger partial charge < -0.3 is 4.74 Å². The van der Waals surface area contributed by atoms with Crippen molar-refractivity contribution in [3.8, 4) is 11.8 Å². The summed E-state index contributed by atoms with van der Waals surface area (Å²) < 4.78 is 18.8. The zero-order valence-corrected chi connectivity index (χ0v) is 11.4. The zero-order chi connectivity index (χ0) is 15.1. The summed E-state index contributed by atoms with van der Waals surface area (Å²) in [5.74, 6) is -0.427. The van der Waals surface area contributed by atoms with Crippen molar-refractivity contribution in [2.45, 2.75) is 12.8 Å². The van der Waals surface area contributed by atoms with Gasteiger partial charge >= 0.3 is 0 Å². The predicted octanol–water partition coefficient (Wildman–Crippen LogP) is 3.74. The lowest BCUT2D eigenvalue weighted by Crippen LogP contribution is -2.04. The minimum absolute atomic E-state index is 0.0412. The van der Waals surface area contributed by atoms with Crippen LogP contribution in [0.15, 0.2) is 48.5 Å². The van der Waals surface area contributed by atoms with Crippen LogP contribution in [0.1, 0.15) is 28.8 Å². The highest BCUT2D eigenvalue weighted by molar-refractivity contribution is 5.95. The Hall–Kier alpha value is -2.67. The predicted molar refractivity (Wildman–Crippen MR) is 76.6 cm³/mol. The van der Waals surface area contributed by atoms with Crippen molar-refractivity contribution < 1.29 is 13.9 Å². The van der Waals surface area contributed by atoms with Crippen LogP contribution in [0.3, 0.4) is 0 Å². The van der Waals surface area contributed by atoms with Crippen molar-refractivity contribution in [3.63, 3.8) is 0 Å². The van der Waals surface area contributed by atoms with Gasteiger partial charge in [-0.2, -0.15) is 5.26 Å². The highest BCUT2D eigenvalue weighted by Gasteiger charge is 2.07. The quantitative estimate of drug-likeness (QED) is 0.599. The van der Waals surface area contributed by atoms with E-state index in [0.717, 1.165) is 6.07 Å². The molecule has 0 aromatic heterocycles. The van der Waals surface area contributed by atoms with Crippen LogP contribution < -0.4 is 4.74 Å². The van der Waals surface area contributed by atoms with Crippen LogP contribution in [0.4, 0.5) is 4.39 Å². The van der Waals surface area contributed by atoms with E-state index in [1.807, 2.05) is 24.3 Å². The second kappa shape index (κ2) is 7.20. The van der Waals surface area contributed by atoms with Gasteiger partial charge in [-0.25, -0.2) is 4.39 Å². The lowest BCUT2D eigenvalue weighted by atomic mass is 10.1. The lowest BCUT2D eigenvalue weighted by Gasteiger charge is -2.07. The Bertz CT molecular complexity index is 662. The molecule has 0 heterocycles. The first-order chi connectivity index (χ1) is 10.2. The number of carbonyl (C=O) groups excluding carboxylic acids is 1. The smallest absolute Gasteiger partial charge is 0.166 e. The second-order valence-electron chi connectivity index (χ2n) is 4.50. The molecule has 0 saturated carbocycles. The fourth-order valence-electron chi connectivity index (χ4n) is 1.87. The minimum atomic E-state index is -0.566. The van der Waals surface area contributed by atoms with Gasteiger partial charge in [-0.3, -0.25) is 4.79 Å². The van der Waals surface area contributed by atoms with E-state index >= 15 is 0 Å². The van der Waals surface area contributed by atoms with Crippen LogP contribution in [-0.2, 0) is 0 Å². The summed E-state index contributed by atoms with van der Waals surface area (Å²) >= 11 is 0. The first kappa shape index (κ1) is 14.7. The Morgan fingerprint density at radius 3 is 2.62 bits per heavy atom. The van der Waals surface area contributed by atoms with Crippen molar-refractivity contribution in [1.82, 2.24) is 0 Å². The minimum Gasteiger partial charge on any atom is -0.491 e. The van der Waals surface area contributed by atoms with E-state index < -0.39 is 5.82 Å².